The highest BCUT2D eigenvalue weighted by Gasteiger charge is 2.18. The summed E-state index contributed by atoms with van der Waals surface area (Å²) in [5.74, 6) is 0.683. The van der Waals surface area contributed by atoms with E-state index in [0.717, 1.165) is 88.8 Å². The van der Waals surface area contributed by atoms with Crippen molar-refractivity contribution in [2.24, 2.45) is 0 Å². The molecule has 0 spiro atoms. The number of rotatable bonds is 5. The van der Waals surface area contributed by atoms with Crippen molar-refractivity contribution in [2.45, 2.75) is 0 Å². The molecule has 5 heteroatoms. The molecule has 0 aliphatic rings. The number of hydrogen-bond acceptors (Lipinski definition) is 4. The van der Waals surface area contributed by atoms with E-state index in [1.165, 1.54) is 10.8 Å². The smallest absolute Gasteiger partial charge is 0.160 e. The molecule has 0 saturated heterocycles. The third-order valence-corrected chi connectivity index (χ3v) is 10.6. The molecule has 0 N–H and O–H groups in total. The van der Waals surface area contributed by atoms with E-state index in [1.54, 1.807) is 0 Å². The highest BCUT2D eigenvalue weighted by atomic mass is 15.0. The first-order chi connectivity index (χ1) is 27.2. The molecule has 11 aromatic rings. The quantitative estimate of drug-likeness (QED) is 0.179. The number of para-hydroxylation sites is 1. The van der Waals surface area contributed by atoms with Crippen molar-refractivity contribution >= 4 is 49.1 Å². The van der Waals surface area contributed by atoms with Crippen LogP contribution in [0.25, 0.3) is 105 Å². The lowest BCUT2D eigenvalue weighted by atomic mass is 9.97. The first kappa shape index (κ1) is 31.1. The lowest BCUT2D eigenvalue weighted by molar-refractivity contribution is 1.19. The molecular weight excluding hydrogens is 671 g/mol. The lowest BCUT2D eigenvalue weighted by Gasteiger charge is -2.13. The van der Waals surface area contributed by atoms with Gasteiger partial charge in [-0.25, -0.2) is 19.9 Å². The van der Waals surface area contributed by atoms with E-state index in [1.807, 2.05) is 30.3 Å². The van der Waals surface area contributed by atoms with Gasteiger partial charge < -0.3 is 0 Å². The maximum absolute atomic E-state index is 5.26. The number of hydrogen-bond donors (Lipinski definition) is 0. The van der Waals surface area contributed by atoms with E-state index in [2.05, 4.69) is 162 Å². The molecule has 256 valence electrons. The van der Waals surface area contributed by atoms with Crippen molar-refractivity contribution in [1.82, 2.24) is 24.3 Å². The second kappa shape index (κ2) is 12.6. The molecule has 55 heavy (non-hydrogen) atoms. The fourth-order valence-corrected chi connectivity index (χ4v) is 7.96. The summed E-state index contributed by atoms with van der Waals surface area (Å²) < 4.78 is 2.14. The van der Waals surface area contributed by atoms with Crippen LogP contribution in [0.4, 0.5) is 0 Å². The van der Waals surface area contributed by atoms with Gasteiger partial charge in [0, 0.05) is 33.8 Å². The summed E-state index contributed by atoms with van der Waals surface area (Å²) in [4.78, 5) is 20.7. The Morgan fingerprint density at radius 2 is 0.964 bits per heavy atom. The Balaban J connectivity index is 1.04. The summed E-state index contributed by atoms with van der Waals surface area (Å²) in [6.07, 6.45) is 2.06. The Bertz CT molecular complexity index is 3160. The summed E-state index contributed by atoms with van der Waals surface area (Å²) in [5.41, 5.74) is 12.8. The topological polar surface area (TPSA) is 56.0 Å². The third-order valence-electron chi connectivity index (χ3n) is 10.6. The molecule has 0 bridgehead atoms. The SMILES string of the molecule is c1cc(-c2ccc(-c3nc4ccccc4c4nc5ccccn5c34)cc2)cc(-c2nc(-c3cccc4ccccc34)cc(-c3cccc4ccccc34)n2)c1. The average molecular weight is 702 g/mol. The van der Waals surface area contributed by atoms with E-state index in [4.69, 9.17) is 19.9 Å². The zero-order chi connectivity index (χ0) is 36.3. The molecule has 11 rings (SSSR count). The molecule has 5 nitrogen and oxygen atoms in total. The van der Waals surface area contributed by atoms with Crippen LogP contribution in [-0.4, -0.2) is 24.3 Å². The zero-order valence-electron chi connectivity index (χ0n) is 29.6. The Morgan fingerprint density at radius 3 is 1.69 bits per heavy atom. The minimum atomic E-state index is 0.683. The average Bonchev–Trinajstić information content (AvgIpc) is 3.66. The molecule has 0 aliphatic carbocycles. The van der Waals surface area contributed by atoms with Crippen LogP contribution in [0.5, 0.6) is 0 Å². The van der Waals surface area contributed by atoms with Crippen LogP contribution in [0, 0.1) is 0 Å². The first-order valence-electron chi connectivity index (χ1n) is 18.5. The fourth-order valence-electron chi connectivity index (χ4n) is 7.96. The molecule has 7 aromatic carbocycles. The van der Waals surface area contributed by atoms with Crippen LogP contribution >= 0.6 is 0 Å². The normalized spacial score (nSPS) is 11.6. The highest BCUT2D eigenvalue weighted by Crippen LogP contribution is 2.37. The Labute approximate surface area is 316 Å². The minimum absolute atomic E-state index is 0.683. The van der Waals surface area contributed by atoms with Gasteiger partial charge in [0.25, 0.3) is 0 Å². The molecule has 0 amide bonds. The molecule has 0 radical (unpaired) electrons. The summed E-state index contributed by atoms with van der Waals surface area (Å²) >= 11 is 0. The summed E-state index contributed by atoms with van der Waals surface area (Å²) in [7, 11) is 0. The van der Waals surface area contributed by atoms with Gasteiger partial charge in [-0.15, -0.1) is 0 Å². The fraction of sp³-hybridized carbons (Fsp3) is 0. The van der Waals surface area contributed by atoms with Crippen molar-refractivity contribution in [1.29, 1.82) is 0 Å². The van der Waals surface area contributed by atoms with Crippen molar-refractivity contribution in [3.8, 4) is 56.3 Å². The number of nitrogens with zero attached hydrogens (tertiary/aromatic N) is 5. The number of pyridine rings is 2. The standard InChI is InChI=1S/C50H31N5/c1-3-18-38-33(12-1)14-10-21-40(38)44-31-45(41-22-11-15-34-13-2-4-19-39(34)41)53-50(52-44)37-17-9-16-36(30-37)32-25-27-35(28-26-32)47-49-48(42-20-5-6-23-43(42)51-47)54-46-24-7-8-29-55(46)49/h1-31H. The van der Waals surface area contributed by atoms with Crippen molar-refractivity contribution in [2.75, 3.05) is 0 Å². The Morgan fingerprint density at radius 1 is 0.382 bits per heavy atom. The summed E-state index contributed by atoms with van der Waals surface area (Å²) in [6, 6.07) is 63.5. The van der Waals surface area contributed by atoms with Crippen LogP contribution in [0.2, 0.25) is 0 Å². The third kappa shape index (κ3) is 5.24. The molecule has 4 heterocycles. The van der Waals surface area contributed by atoms with E-state index in [-0.39, 0.29) is 0 Å². The molecule has 0 unspecified atom stereocenters. The van der Waals surface area contributed by atoms with Crippen LogP contribution < -0.4 is 0 Å². The second-order valence-corrected chi connectivity index (χ2v) is 13.9. The van der Waals surface area contributed by atoms with Gasteiger partial charge in [0.1, 0.15) is 11.2 Å². The maximum atomic E-state index is 5.26. The van der Waals surface area contributed by atoms with Gasteiger partial charge in [0.15, 0.2) is 5.82 Å². The lowest BCUT2D eigenvalue weighted by Crippen LogP contribution is -1.97. The van der Waals surface area contributed by atoms with Crippen LogP contribution in [-0.2, 0) is 0 Å². The number of imidazole rings is 1. The zero-order valence-corrected chi connectivity index (χ0v) is 29.6. The predicted molar refractivity (Wildman–Crippen MR) is 226 cm³/mol. The van der Waals surface area contributed by atoms with E-state index in [9.17, 15) is 0 Å². The number of fused-ring (bicyclic) bond motifs is 7. The number of aromatic nitrogens is 5. The Hall–Kier alpha value is -7.50. The molecule has 0 aliphatic heterocycles. The first-order valence-corrected chi connectivity index (χ1v) is 18.5. The van der Waals surface area contributed by atoms with Crippen LogP contribution in [0.1, 0.15) is 0 Å². The predicted octanol–water partition coefficient (Wildman–Crippen LogP) is 12.5. The highest BCUT2D eigenvalue weighted by molar-refractivity contribution is 6.09. The monoisotopic (exact) mass is 701 g/mol. The second-order valence-electron chi connectivity index (χ2n) is 13.9. The minimum Gasteiger partial charge on any atom is -0.298 e. The molecule has 0 atom stereocenters. The van der Waals surface area contributed by atoms with Gasteiger partial charge in [-0.2, -0.15) is 0 Å². The van der Waals surface area contributed by atoms with E-state index in [0.29, 0.717) is 5.82 Å². The molecule has 0 saturated carbocycles. The number of benzene rings is 7. The summed E-state index contributed by atoms with van der Waals surface area (Å²) in [6.45, 7) is 0. The van der Waals surface area contributed by atoms with Crippen LogP contribution in [0.3, 0.4) is 0 Å². The van der Waals surface area contributed by atoms with Crippen molar-refractivity contribution < 1.29 is 0 Å². The van der Waals surface area contributed by atoms with Gasteiger partial charge in [-0.05, 0) is 63.0 Å². The van der Waals surface area contributed by atoms with Gasteiger partial charge >= 0.3 is 0 Å². The van der Waals surface area contributed by atoms with E-state index >= 15 is 0 Å². The summed E-state index contributed by atoms with van der Waals surface area (Å²) in [5, 5.41) is 5.73. The van der Waals surface area contributed by atoms with Crippen molar-refractivity contribution in [3.63, 3.8) is 0 Å². The van der Waals surface area contributed by atoms with Gasteiger partial charge in [0.05, 0.1) is 28.1 Å². The van der Waals surface area contributed by atoms with Gasteiger partial charge in [0.2, 0.25) is 0 Å². The maximum Gasteiger partial charge on any atom is 0.160 e. The largest absolute Gasteiger partial charge is 0.298 e. The molecule has 0 fully saturated rings. The van der Waals surface area contributed by atoms with Crippen molar-refractivity contribution in [3.05, 3.63) is 188 Å². The van der Waals surface area contributed by atoms with Gasteiger partial charge in [-0.3, -0.25) is 4.40 Å². The molecule has 4 aromatic heterocycles. The molecular formula is C50H31N5. The Kier molecular flexibility index (Phi) is 7.10. The van der Waals surface area contributed by atoms with E-state index < -0.39 is 0 Å². The van der Waals surface area contributed by atoms with Gasteiger partial charge in [-0.1, -0.05) is 152 Å². The van der Waals surface area contributed by atoms with Crippen LogP contribution in [0.15, 0.2) is 188 Å².